The molecule has 0 saturated heterocycles. The fourth-order valence-corrected chi connectivity index (χ4v) is 7.53. The van der Waals surface area contributed by atoms with E-state index in [-0.39, 0.29) is 0 Å². The summed E-state index contributed by atoms with van der Waals surface area (Å²) in [5.41, 5.74) is 2.63. The van der Waals surface area contributed by atoms with Gasteiger partial charge >= 0.3 is 106 Å². The molecule has 0 N–H and O–H groups in total. The van der Waals surface area contributed by atoms with E-state index in [0.29, 0.717) is 0 Å². The molecule has 2 aromatic rings. The van der Waals surface area contributed by atoms with Crippen molar-refractivity contribution in [3.05, 3.63) is 48.5 Å². The normalized spacial score (nSPS) is 18.0. The molecule has 1 aliphatic heterocycles. The van der Waals surface area contributed by atoms with E-state index < -0.39 is 6.86 Å². The summed E-state index contributed by atoms with van der Waals surface area (Å²) in [5, 5.41) is 0. The summed E-state index contributed by atoms with van der Waals surface area (Å²) in [4.78, 5) is 2.87. The van der Waals surface area contributed by atoms with Crippen LogP contribution in [0.2, 0.25) is 0 Å². The number of benzene rings is 2. The summed E-state index contributed by atoms with van der Waals surface area (Å²) < 4.78 is 0. The SMILES string of the molecule is [SeH]S1([SeH])c2ccc[c]c2-c2ccccc21. The van der Waals surface area contributed by atoms with Gasteiger partial charge in [0.05, 0.1) is 0 Å². The second kappa shape index (κ2) is 3.41. The van der Waals surface area contributed by atoms with Crippen molar-refractivity contribution < 1.29 is 0 Å². The van der Waals surface area contributed by atoms with Crippen LogP contribution < -0.4 is 0 Å². The van der Waals surface area contributed by atoms with Gasteiger partial charge in [0.1, 0.15) is 0 Å². The summed E-state index contributed by atoms with van der Waals surface area (Å²) in [5.74, 6) is 0. The molecule has 1 aliphatic rings. The molecule has 1 heterocycles. The summed E-state index contributed by atoms with van der Waals surface area (Å²) in [6, 6.07) is 18.3. The number of rotatable bonds is 0. The molecule has 0 atom stereocenters. The molecule has 15 heavy (non-hydrogen) atoms. The van der Waals surface area contributed by atoms with Crippen LogP contribution in [-0.4, -0.2) is 29.8 Å². The molecule has 0 amide bonds. The van der Waals surface area contributed by atoms with Crippen LogP contribution in [0.5, 0.6) is 0 Å². The molecular weight excluding hydrogens is 334 g/mol. The third-order valence-electron chi connectivity index (χ3n) is 2.59. The van der Waals surface area contributed by atoms with Crippen LogP contribution in [0, 0.1) is 6.07 Å². The summed E-state index contributed by atoms with van der Waals surface area (Å²) in [7, 11) is 0. The number of hydrogen-bond acceptors (Lipinski definition) is 0. The van der Waals surface area contributed by atoms with Crippen LogP contribution in [-0.2, 0) is 0 Å². The zero-order valence-corrected chi connectivity index (χ0v) is 12.4. The van der Waals surface area contributed by atoms with Gasteiger partial charge in [-0.25, -0.2) is 0 Å². The zero-order chi connectivity index (χ0) is 10.5. The van der Waals surface area contributed by atoms with E-state index in [9.17, 15) is 0 Å². The molecule has 2 aromatic carbocycles. The fraction of sp³-hybridized carbons (Fsp3) is 0. The minimum atomic E-state index is -0.921. The Morgan fingerprint density at radius 3 is 2.53 bits per heavy atom. The Bertz CT molecular complexity index is 487. The van der Waals surface area contributed by atoms with Crippen molar-refractivity contribution in [2.24, 2.45) is 0 Å². The Hall–Kier alpha value is -0.171. The molecule has 0 spiro atoms. The molecule has 1 radical (unpaired) electrons. The van der Waals surface area contributed by atoms with Gasteiger partial charge in [-0.2, -0.15) is 0 Å². The van der Waals surface area contributed by atoms with Crippen LogP contribution >= 0.6 is 6.86 Å². The van der Waals surface area contributed by atoms with Crippen molar-refractivity contribution >= 4 is 36.6 Å². The monoisotopic (exact) mass is 345 g/mol. The molecule has 0 aliphatic carbocycles. The first kappa shape index (κ1) is 10.0. The van der Waals surface area contributed by atoms with Crippen LogP contribution in [0.1, 0.15) is 0 Å². The Kier molecular flexibility index (Phi) is 2.28. The molecule has 0 bridgehead atoms. The van der Waals surface area contributed by atoms with E-state index in [1.54, 1.807) is 0 Å². The summed E-state index contributed by atoms with van der Waals surface area (Å²) in [6.07, 6.45) is 0. The zero-order valence-electron chi connectivity index (χ0n) is 7.84. The molecule has 75 valence electrons. The van der Waals surface area contributed by atoms with E-state index in [1.807, 2.05) is 6.07 Å². The van der Waals surface area contributed by atoms with Gasteiger partial charge < -0.3 is 0 Å². The third-order valence-corrected chi connectivity index (χ3v) is 9.46. The molecule has 0 fully saturated rings. The number of fused-ring (bicyclic) bond motifs is 3. The molecule has 0 nitrogen and oxygen atoms in total. The van der Waals surface area contributed by atoms with Gasteiger partial charge in [-0.15, -0.1) is 0 Å². The molecule has 3 rings (SSSR count). The Morgan fingerprint density at radius 1 is 0.933 bits per heavy atom. The molecule has 0 unspecified atom stereocenters. The van der Waals surface area contributed by atoms with E-state index in [4.69, 9.17) is 0 Å². The van der Waals surface area contributed by atoms with Crippen molar-refractivity contribution in [1.29, 1.82) is 0 Å². The van der Waals surface area contributed by atoms with Crippen molar-refractivity contribution in [2.75, 3.05) is 0 Å². The van der Waals surface area contributed by atoms with E-state index >= 15 is 0 Å². The first-order valence-electron chi connectivity index (χ1n) is 4.59. The third kappa shape index (κ3) is 1.35. The predicted octanol–water partition coefficient (Wildman–Crippen LogP) is 2.32. The molecule has 0 aromatic heterocycles. The maximum absolute atomic E-state index is 3.36. The minimum absolute atomic E-state index is 0.921. The van der Waals surface area contributed by atoms with E-state index in [1.165, 1.54) is 20.9 Å². The maximum atomic E-state index is 3.36. The Morgan fingerprint density at radius 2 is 1.67 bits per heavy atom. The van der Waals surface area contributed by atoms with Gasteiger partial charge in [-0.05, 0) is 0 Å². The Labute approximate surface area is 106 Å². The topological polar surface area (TPSA) is 0 Å². The first-order valence-corrected chi connectivity index (χ1v) is 10.7. The van der Waals surface area contributed by atoms with Crippen LogP contribution in [0.4, 0.5) is 0 Å². The average Bonchev–Trinajstić information content (AvgIpc) is 2.51. The van der Waals surface area contributed by atoms with Gasteiger partial charge in [0, 0.05) is 0 Å². The fourth-order valence-electron chi connectivity index (χ4n) is 1.91. The summed E-state index contributed by atoms with van der Waals surface area (Å²) in [6.45, 7) is -0.921. The molecule has 3 heteroatoms. The van der Waals surface area contributed by atoms with Crippen LogP contribution in [0.25, 0.3) is 11.1 Å². The molecular formula is C12H9SSe2. The second-order valence-corrected chi connectivity index (χ2v) is 16.4. The van der Waals surface area contributed by atoms with Crippen molar-refractivity contribution in [2.45, 2.75) is 9.79 Å². The quantitative estimate of drug-likeness (QED) is 0.644. The standard InChI is InChI=1S/C12H9SSe2/c14-13(15)11-7-3-1-5-9(11)10-6-2-4-8-12(10)13/h1-5,7-8,14-15H. The molecule has 0 saturated carbocycles. The van der Waals surface area contributed by atoms with Gasteiger partial charge in [-0.3, -0.25) is 0 Å². The van der Waals surface area contributed by atoms with E-state index in [2.05, 4.69) is 72.2 Å². The average molecular weight is 343 g/mol. The Balaban J connectivity index is 2.42. The second-order valence-electron chi connectivity index (χ2n) is 3.45. The summed E-state index contributed by atoms with van der Waals surface area (Å²) >= 11 is 5.70. The van der Waals surface area contributed by atoms with Crippen LogP contribution in [0.3, 0.4) is 0 Å². The van der Waals surface area contributed by atoms with Crippen molar-refractivity contribution in [3.63, 3.8) is 0 Å². The first-order chi connectivity index (χ1) is 7.21. The van der Waals surface area contributed by atoms with Gasteiger partial charge in [0.25, 0.3) is 0 Å². The van der Waals surface area contributed by atoms with Gasteiger partial charge in [0.15, 0.2) is 0 Å². The van der Waals surface area contributed by atoms with Gasteiger partial charge in [0.2, 0.25) is 0 Å². The van der Waals surface area contributed by atoms with Crippen LogP contribution in [0.15, 0.2) is 52.3 Å². The van der Waals surface area contributed by atoms with Crippen molar-refractivity contribution in [3.8, 4) is 11.1 Å². The predicted molar refractivity (Wildman–Crippen MR) is 69.1 cm³/mol. The van der Waals surface area contributed by atoms with Crippen molar-refractivity contribution in [1.82, 2.24) is 0 Å². The van der Waals surface area contributed by atoms with Gasteiger partial charge in [-0.1, -0.05) is 0 Å². The van der Waals surface area contributed by atoms with E-state index in [0.717, 1.165) is 0 Å². The number of hydrogen-bond donors (Lipinski definition) is 0.